The molecule has 1 unspecified atom stereocenters. The van der Waals surface area contributed by atoms with Gasteiger partial charge in [-0.15, -0.1) is 11.6 Å². The van der Waals surface area contributed by atoms with Gasteiger partial charge in [0, 0.05) is 37.0 Å². The van der Waals surface area contributed by atoms with Gasteiger partial charge in [0.1, 0.15) is 11.4 Å². The average Bonchev–Trinajstić information content (AvgIpc) is 3.05. The van der Waals surface area contributed by atoms with E-state index in [9.17, 15) is 9.59 Å². The van der Waals surface area contributed by atoms with Crippen molar-refractivity contribution < 1.29 is 19.1 Å². The third-order valence-corrected chi connectivity index (χ3v) is 5.83. The summed E-state index contributed by atoms with van der Waals surface area (Å²) in [5.74, 6) is 0.963. The molecule has 3 atom stereocenters. The maximum Gasteiger partial charge on any atom is 0.412 e. The van der Waals surface area contributed by atoms with Crippen molar-refractivity contribution in [1.82, 2.24) is 15.1 Å². The minimum absolute atomic E-state index is 0.0189. The topological polar surface area (TPSA) is 71.1 Å². The highest BCUT2D eigenvalue weighted by molar-refractivity contribution is 6.18. The number of nitrogens with one attached hydrogen (secondary N) is 1. The molecule has 31 heavy (non-hydrogen) atoms. The second-order valence-corrected chi connectivity index (χ2v) is 9.61. The lowest BCUT2D eigenvalue weighted by atomic mass is 9.78. The minimum atomic E-state index is -0.604. The van der Waals surface area contributed by atoms with Crippen LogP contribution in [0.15, 0.2) is 30.3 Å². The highest BCUT2D eigenvalue weighted by atomic mass is 35.5. The van der Waals surface area contributed by atoms with Crippen molar-refractivity contribution in [3.05, 3.63) is 41.5 Å². The maximum absolute atomic E-state index is 12.9. The van der Waals surface area contributed by atoms with Gasteiger partial charge in [-0.25, -0.2) is 9.59 Å². The molecule has 0 spiro atoms. The van der Waals surface area contributed by atoms with E-state index in [1.807, 2.05) is 70.1 Å². The highest BCUT2D eigenvalue weighted by Gasteiger charge is 2.48. The summed E-state index contributed by atoms with van der Waals surface area (Å²) in [6.07, 6.45) is 0.951. The Morgan fingerprint density at radius 3 is 2.61 bits per heavy atom. The van der Waals surface area contributed by atoms with E-state index in [-0.39, 0.29) is 24.0 Å². The van der Waals surface area contributed by atoms with Crippen LogP contribution in [-0.4, -0.2) is 73.2 Å². The number of ether oxygens (including phenoxy) is 2. The summed E-state index contributed by atoms with van der Waals surface area (Å²) < 4.78 is 11.3. The highest BCUT2D eigenvalue weighted by Crippen LogP contribution is 2.46. The fourth-order valence-corrected chi connectivity index (χ4v) is 4.41. The number of fused-ring (bicyclic) bond motifs is 3. The molecule has 2 amide bonds. The number of likely N-dealkylation sites (tertiary alicyclic amines) is 1. The summed E-state index contributed by atoms with van der Waals surface area (Å²) in [6, 6.07) is 7.53. The Bertz CT molecular complexity index is 849. The molecule has 7 nitrogen and oxygen atoms in total. The van der Waals surface area contributed by atoms with E-state index < -0.39 is 11.7 Å². The number of carbonyl (C=O) groups excluding carboxylic acids is 2. The van der Waals surface area contributed by atoms with Crippen molar-refractivity contribution >= 4 is 29.5 Å². The molecule has 0 aromatic heterocycles. The lowest BCUT2D eigenvalue weighted by molar-refractivity contribution is 0.0246. The second kappa shape index (κ2) is 9.49. The Balaban J connectivity index is 1.88. The number of rotatable bonds is 5. The minimum Gasteiger partial charge on any atom is -0.444 e. The van der Waals surface area contributed by atoms with Crippen LogP contribution in [0.4, 0.5) is 9.59 Å². The van der Waals surface area contributed by atoms with E-state index >= 15 is 0 Å². The standard InChI is InChI=1S/C23H32ClN3O4/c1-23(2,3)31-22(29)27-14-15(13-24)20-17-9-7-6-8-16(17)19(12-18(20)27)30-21(28)25-10-11-26(4)5/h6-9,12,15,18,20H,10-11,13-14H2,1-5H3,(H,25,28)/t15-,18?,20+/m1/s1. The molecule has 1 aliphatic carbocycles. The van der Waals surface area contributed by atoms with Gasteiger partial charge < -0.3 is 24.6 Å². The molecule has 0 saturated carbocycles. The number of nitrogens with zero attached hydrogens (tertiary/aromatic N) is 2. The molecule has 2 aliphatic rings. The van der Waals surface area contributed by atoms with Gasteiger partial charge >= 0.3 is 12.2 Å². The normalized spacial score (nSPS) is 22.5. The molecule has 1 aliphatic heterocycles. The SMILES string of the molecule is CN(C)CCNC(=O)OC1=CC2[C@H](c3ccccc31)[C@H](CCl)CN2C(=O)OC(C)(C)C. The lowest BCUT2D eigenvalue weighted by Gasteiger charge is -2.33. The zero-order valence-corrected chi connectivity index (χ0v) is 19.6. The van der Waals surface area contributed by atoms with Crippen LogP contribution in [0.3, 0.4) is 0 Å². The van der Waals surface area contributed by atoms with Crippen LogP contribution >= 0.6 is 11.6 Å². The van der Waals surface area contributed by atoms with Crippen LogP contribution < -0.4 is 5.32 Å². The van der Waals surface area contributed by atoms with Crippen LogP contribution in [0.2, 0.25) is 0 Å². The van der Waals surface area contributed by atoms with E-state index in [1.54, 1.807) is 4.90 Å². The van der Waals surface area contributed by atoms with Gasteiger partial charge in [-0.2, -0.15) is 0 Å². The largest absolute Gasteiger partial charge is 0.444 e. The van der Waals surface area contributed by atoms with E-state index in [1.165, 1.54) is 0 Å². The van der Waals surface area contributed by atoms with Gasteiger partial charge in [0.05, 0.1) is 6.04 Å². The molecule has 1 N–H and O–H groups in total. The van der Waals surface area contributed by atoms with Crippen LogP contribution in [0.5, 0.6) is 0 Å². The molecule has 8 heteroatoms. The molecule has 1 aromatic rings. The number of benzene rings is 1. The van der Waals surface area contributed by atoms with Crippen LogP contribution in [0, 0.1) is 5.92 Å². The van der Waals surface area contributed by atoms with Crippen molar-refractivity contribution in [1.29, 1.82) is 0 Å². The summed E-state index contributed by atoms with van der Waals surface area (Å²) in [6.45, 7) is 7.20. The number of hydrogen-bond acceptors (Lipinski definition) is 5. The summed E-state index contributed by atoms with van der Waals surface area (Å²) >= 11 is 6.30. The third kappa shape index (κ3) is 5.52. The number of halogens is 1. The molecule has 0 radical (unpaired) electrons. The Morgan fingerprint density at radius 2 is 1.97 bits per heavy atom. The average molecular weight is 450 g/mol. The predicted octanol–water partition coefficient (Wildman–Crippen LogP) is 3.89. The lowest BCUT2D eigenvalue weighted by Crippen LogP contribution is -2.41. The Morgan fingerprint density at radius 1 is 1.26 bits per heavy atom. The fraction of sp³-hybridized carbons (Fsp3) is 0.565. The maximum atomic E-state index is 12.9. The first kappa shape index (κ1) is 23.4. The number of amides is 2. The van der Waals surface area contributed by atoms with Gasteiger partial charge in [0.25, 0.3) is 0 Å². The summed E-state index contributed by atoms with van der Waals surface area (Å²) in [7, 11) is 3.87. The molecule has 3 rings (SSSR count). The van der Waals surface area contributed by atoms with E-state index in [2.05, 4.69) is 5.32 Å². The number of alkyl halides is 1. The summed E-state index contributed by atoms with van der Waals surface area (Å²) in [5.41, 5.74) is 1.28. The van der Waals surface area contributed by atoms with Crippen LogP contribution in [-0.2, 0) is 9.47 Å². The third-order valence-electron chi connectivity index (χ3n) is 5.43. The zero-order chi connectivity index (χ0) is 22.8. The quantitative estimate of drug-likeness (QED) is 0.690. The predicted molar refractivity (Wildman–Crippen MR) is 121 cm³/mol. The summed E-state index contributed by atoms with van der Waals surface area (Å²) in [4.78, 5) is 29.0. The Labute approximate surface area is 189 Å². The van der Waals surface area contributed by atoms with E-state index in [0.717, 1.165) is 11.1 Å². The first-order chi connectivity index (χ1) is 14.6. The smallest absolute Gasteiger partial charge is 0.412 e. The molecule has 1 saturated heterocycles. The van der Waals surface area contributed by atoms with Crippen LogP contribution in [0.25, 0.3) is 5.76 Å². The molecule has 1 aromatic carbocycles. The number of hydrogen-bond donors (Lipinski definition) is 1. The molecular formula is C23H32ClN3O4. The van der Waals surface area contributed by atoms with Gasteiger partial charge in [-0.1, -0.05) is 24.3 Å². The van der Waals surface area contributed by atoms with Gasteiger partial charge in [0.15, 0.2) is 0 Å². The zero-order valence-electron chi connectivity index (χ0n) is 18.9. The van der Waals surface area contributed by atoms with Gasteiger partial charge in [0.2, 0.25) is 0 Å². The van der Waals surface area contributed by atoms with Crippen molar-refractivity contribution in [3.8, 4) is 0 Å². The van der Waals surface area contributed by atoms with Gasteiger partial charge in [-0.3, -0.25) is 0 Å². The molecule has 170 valence electrons. The number of carbonyl (C=O) groups is 2. The first-order valence-corrected chi connectivity index (χ1v) is 11.1. The Hall–Kier alpha value is -2.25. The van der Waals surface area contributed by atoms with Crippen molar-refractivity contribution in [2.24, 2.45) is 5.92 Å². The van der Waals surface area contributed by atoms with Crippen LogP contribution in [0.1, 0.15) is 37.8 Å². The number of alkyl carbamates (subject to hydrolysis) is 1. The van der Waals surface area contributed by atoms with E-state index in [4.69, 9.17) is 21.1 Å². The van der Waals surface area contributed by atoms with E-state index in [0.29, 0.717) is 31.3 Å². The monoisotopic (exact) mass is 449 g/mol. The second-order valence-electron chi connectivity index (χ2n) is 9.30. The number of likely N-dealkylation sites (N-methyl/N-ethyl adjacent to an activating group) is 1. The molecular weight excluding hydrogens is 418 g/mol. The first-order valence-electron chi connectivity index (χ1n) is 10.6. The van der Waals surface area contributed by atoms with Crippen molar-refractivity contribution in [3.63, 3.8) is 0 Å². The molecule has 1 heterocycles. The van der Waals surface area contributed by atoms with Crippen molar-refractivity contribution in [2.45, 2.75) is 38.3 Å². The van der Waals surface area contributed by atoms with Gasteiger partial charge in [-0.05, 0) is 52.4 Å². The Kier molecular flexibility index (Phi) is 7.17. The molecule has 0 bridgehead atoms. The fourth-order valence-electron chi connectivity index (χ4n) is 4.12. The molecule has 1 fully saturated rings. The summed E-state index contributed by atoms with van der Waals surface area (Å²) in [5, 5.41) is 2.77. The van der Waals surface area contributed by atoms with Crippen molar-refractivity contribution in [2.75, 3.05) is 39.6 Å².